The van der Waals surface area contributed by atoms with Gasteiger partial charge in [-0.2, -0.15) is 17.6 Å². The summed E-state index contributed by atoms with van der Waals surface area (Å²) < 4.78 is 51.3. The van der Waals surface area contributed by atoms with Gasteiger partial charge in [0.25, 0.3) is 0 Å². The molecule has 0 amide bonds. The fourth-order valence-electron chi connectivity index (χ4n) is 2.45. The maximum atomic E-state index is 12.9. The average Bonchev–Trinajstić information content (AvgIpc) is 2.39. The predicted molar refractivity (Wildman–Crippen MR) is 38.9 cm³/mol. The molecule has 0 aromatic heterocycles. The van der Waals surface area contributed by atoms with Crippen LogP contribution in [0.5, 0.6) is 0 Å². The van der Waals surface area contributed by atoms with Crippen molar-refractivity contribution in [3.05, 3.63) is 0 Å². The van der Waals surface area contributed by atoms with E-state index in [-0.39, 0.29) is 4.48 Å². The molecule has 2 fully saturated rings. The number of halogens is 4. The summed E-state index contributed by atoms with van der Waals surface area (Å²) in [5, 5.41) is 0. The minimum atomic E-state index is -3.79. The van der Waals surface area contributed by atoms with Crippen LogP contribution in [0.4, 0.5) is 17.6 Å². The summed E-state index contributed by atoms with van der Waals surface area (Å²) in [6.45, 7) is -0.351. The third-order valence-electron chi connectivity index (χ3n) is 3.12. The van der Waals surface area contributed by atoms with Gasteiger partial charge in [0, 0.05) is 12.8 Å². The maximum Gasteiger partial charge on any atom is 0.363 e. The van der Waals surface area contributed by atoms with Gasteiger partial charge in [-0.25, -0.2) is 0 Å². The van der Waals surface area contributed by atoms with Crippen LogP contribution in [-0.2, 0) is 0 Å². The molecule has 1 nitrogen and oxygen atoms in total. The highest BCUT2D eigenvalue weighted by atomic mass is 19.3. The molecule has 2 aliphatic heterocycles. The smallest absolute Gasteiger partial charge is 0.313 e. The Labute approximate surface area is 73.9 Å². The van der Waals surface area contributed by atoms with Crippen LogP contribution in [0, 0.1) is 0 Å². The van der Waals surface area contributed by atoms with Crippen LogP contribution < -0.4 is 0 Å². The van der Waals surface area contributed by atoms with Crippen molar-refractivity contribution in [2.75, 3.05) is 26.2 Å². The lowest BCUT2D eigenvalue weighted by Crippen LogP contribution is -2.44. The van der Waals surface area contributed by atoms with Crippen molar-refractivity contribution < 1.29 is 22.0 Å². The first-order chi connectivity index (χ1) is 5.87. The Morgan fingerprint density at radius 3 is 1.54 bits per heavy atom. The lowest BCUT2D eigenvalue weighted by Gasteiger charge is -2.27. The summed E-state index contributed by atoms with van der Waals surface area (Å²) in [5.41, 5.74) is 0. The van der Waals surface area contributed by atoms with Crippen molar-refractivity contribution in [3.63, 3.8) is 0 Å². The third kappa shape index (κ3) is 1.24. The molecule has 5 heteroatoms. The van der Waals surface area contributed by atoms with Crippen LogP contribution in [0.1, 0.15) is 12.8 Å². The van der Waals surface area contributed by atoms with Crippen LogP contribution in [0.15, 0.2) is 0 Å². The van der Waals surface area contributed by atoms with Gasteiger partial charge in [-0.1, -0.05) is 0 Å². The second-order valence-electron chi connectivity index (χ2n) is 4.22. The van der Waals surface area contributed by atoms with E-state index in [9.17, 15) is 17.6 Å². The number of hydrogen-bond donors (Lipinski definition) is 0. The number of rotatable bonds is 0. The zero-order valence-corrected chi connectivity index (χ0v) is 7.20. The molecule has 2 saturated heterocycles. The minimum Gasteiger partial charge on any atom is -0.313 e. The van der Waals surface area contributed by atoms with Crippen LogP contribution in [-0.4, -0.2) is 42.5 Å². The summed E-state index contributed by atoms with van der Waals surface area (Å²) in [5.74, 6) is -7.59. The zero-order chi connectivity index (χ0) is 9.74. The molecule has 0 saturated carbocycles. The van der Waals surface area contributed by atoms with Gasteiger partial charge in [0.15, 0.2) is 13.1 Å². The Bertz CT molecular complexity index is 202. The molecule has 0 aromatic carbocycles. The van der Waals surface area contributed by atoms with Gasteiger partial charge < -0.3 is 4.48 Å². The first-order valence-electron chi connectivity index (χ1n) is 4.48. The molecule has 0 radical (unpaired) electrons. The van der Waals surface area contributed by atoms with E-state index in [1.54, 1.807) is 0 Å². The quantitative estimate of drug-likeness (QED) is 0.412. The molecule has 0 aromatic rings. The molecule has 2 rings (SSSR count). The van der Waals surface area contributed by atoms with E-state index < -0.39 is 24.9 Å². The molecular weight excluding hydrogens is 186 g/mol. The maximum absolute atomic E-state index is 12.9. The molecule has 13 heavy (non-hydrogen) atoms. The van der Waals surface area contributed by atoms with E-state index in [1.807, 2.05) is 0 Å². The van der Waals surface area contributed by atoms with Crippen molar-refractivity contribution >= 4 is 0 Å². The van der Waals surface area contributed by atoms with Gasteiger partial charge in [-0.3, -0.25) is 0 Å². The second-order valence-corrected chi connectivity index (χ2v) is 4.22. The minimum absolute atomic E-state index is 0.0694. The van der Waals surface area contributed by atoms with E-state index in [2.05, 4.69) is 0 Å². The van der Waals surface area contributed by atoms with Crippen LogP contribution >= 0.6 is 0 Å². The van der Waals surface area contributed by atoms with Gasteiger partial charge in [0.2, 0.25) is 0 Å². The molecular formula is C8H12F4N+. The summed E-state index contributed by atoms with van der Waals surface area (Å²) >= 11 is 0. The first kappa shape index (κ1) is 9.24. The lowest BCUT2D eigenvalue weighted by molar-refractivity contribution is -0.910. The Morgan fingerprint density at radius 2 is 1.15 bits per heavy atom. The molecule has 1 spiro atoms. The first-order valence-corrected chi connectivity index (χ1v) is 4.48. The van der Waals surface area contributed by atoms with Crippen LogP contribution in [0.3, 0.4) is 0 Å². The molecule has 76 valence electrons. The molecule has 2 aliphatic rings. The molecule has 2 heterocycles. The fraction of sp³-hybridized carbons (Fsp3) is 1.00. The summed E-state index contributed by atoms with van der Waals surface area (Å²) in [6, 6.07) is 0. The van der Waals surface area contributed by atoms with Crippen LogP contribution in [0.2, 0.25) is 0 Å². The van der Waals surface area contributed by atoms with E-state index in [1.165, 1.54) is 0 Å². The number of quaternary nitrogens is 1. The highest BCUT2D eigenvalue weighted by Crippen LogP contribution is 2.46. The normalized spacial score (nSPS) is 34.2. The molecule has 0 aliphatic carbocycles. The summed E-state index contributed by atoms with van der Waals surface area (Å²) in [4.78, 5) is 0. The Kier molecular flexibility index (Phi) is 1.69. The number of hydrogen-bond acceptors (Lipinski definition) is 0. The summed E-state index contributed by atoms with van der Waals surface area (Å²) in [6.07, 6.45) is 1.60. The Balaban J connectivity index is 2.23. The standard InChI is InChI=1S/C8H12F4N/c9-7(10)5-13(3-1-2-4-13)6-8(7,11)12/h1-6H2/q+1. The highest BCUT2D eigenvalue weighted by molar-refractivity contribution is 4.91. The van der Waals surface area contributed by atoms with Gasteiger partial charge in [-0.05, 0) is 0 Å². The van der Waals surface area contributed by atoms with Crippen molar-refractivity contribution in [2.24, 2.45) is 0 Å². The van der Waals surface area contributed by atoms with Crippen molar-refractivity contribution in [1.82, 2.24) is 0 Å². The van der Waals surface area contributed by atoms with E-state index in [0.717, 1.165) is 12.8 Å². The molecule has 0 unspecified atom stereocenters. The van der Waals surface area contributed by atoms with Crippen molar-refractivity contribution in [2.45, 2.75) is 24.7 Å². The fourth-order valence-corrected chi connectivity index (χ4v) is 2.45. The van der Waals surface area contributed by atoms with Gasteiger partial charge in [0.1, 0.15) is 0 Å². The van der Waals surface area contributed by atoms with Gasteiger partial charge in [0.05, 0.1) is 13.1 Å². The lowest BCUT2D eigenvalue weighted by atomic mass is 10.2. The summed E-state index contributed by atoms with van der Waals surface area (Å²) in [7, 11) is 0. The monoisotopic (exact) mass is 198 g/mol. The van der Waals surface area contributed by atoms with E-state index >= 15 is 0 Å². The van der Waals surface area contributed by atoms with Crippen LogP contribution in [0.25, 0.3) is 0 Å². The number of alkyl halides is 4. The average molecular weight is 198 g/mol. The Morgan fingerprint density at radius 1 is 0.769 bits per heavy atom. The molecule has 0 atom stereocenters. The van der Waals surface area contributed by atoms with E-state index in [4.69, 9.17) is 0 Å². The predicted octanol–water partition coefficient (Wildman–Crippen LogP) is 1.88. The van der Waals surface area contributed by atoms with Gasteiger partial charge in [-0.15, -0.1) is 0 Å². The number of nitrogens with zero attached hydrogens (tertiary/aromatic N) is 1. The highest BCUT2D eigenvalue weighted by Gasteiger charge is 2.70. The molecule has 0 N–H and O–H groups in total. The van der Waals surface area contributed by atoms with Crippen molar-refractivity contribution in [3.8, 4) is 0 Å². The van der Waals surface area contributed by atoms with Crippen molar-refractivity contribution in [1.29, 1.82) is 0 Å². The van der Waals surface area contributed by atoms with Gasteiger partial charge >= 0.3 is 11.8 Å². The topological polar surface area (TPSA) is 0 Å². The SMILES string of the molecule is FC1(F)C[N+]2(CCCC2)CC1(F)F. The zero-order valence-electron chi connectivity index (χ0n) is 7.20. The molecule has 0 bridgehead atoms. The second kappa shape index (κ2) is 2.38. The third-order valence-corrected chi connectivity index (χ3v) is 3.12. The Hall–Kier alpha value is -0.320. The van der Waals surface area contributed by atoms with E-state index in [0.29, 0.717) is 13.1 Å². The largest absolute Gasteiger partial charge is 0.363 e.